The van der Waals surface area contributed by atoms with Gasteiger partial charge in [0.1, 0.15) is 0 Å². The van der Waals surface area contributed by atoms with Crippen molar-refractivity contribution in [2.45, 2.75) is 0 Å². The Kier molecular flexibility index (Phi) is 12.9. The zero-order valence-corrected chi connectivity index (χ0v) is 13.9. The average Bonchev–Trinajstić information content (AvgIpc) is 2.19. The van der Waals surface area contributed by atoms with Gasteiger partial charge in [0, 0.05) is 5.02 Å². The second-order valence-electron chi connectivity index (χ2n) is 2.05. The average molecular weight is 343 g/mol. The summed E-state index contributed by atoms with van der Waals surface area (Å²) < 4.78 is 4.96. The number of rotatable bonds is 2. The van der Waals surface area contributed by atoms with Gasteiger partial charge in [-0.15, -0.1) is 0 Å². The second-order valence-corrected chi connectivity index (χ2v) is 7.11. The maximum atomic E-state index is 5.68. The van der Waals surface area contributed by atoms with Crippen LogP contribution in [0.5, 0.6) is 5.75 Å². The molecule has 1 rings (SSSR count). The van der Waals surface area contributed by atoms with Crippen LogP contribution in [0.15, 0.2) is 23.3 Å². The predicted octanol–water partition coefficient (Wildman–Crippen LogP) is -0.428. The summed E-state index contributed by atoms with van der Waals surface area (Å²) in [6.45, 7) is 0. The minimum absolute atomic E-state index is 0. The molecular formula is C7H8Cl4N2OZn. The SMILES string of the molecule is COc1ccc(Cl)cc1N=[NH2+].[Cl-].[Cl][Zn][Cl]. The zero-order valence-electron chi connectivity index (χ0n) is 7.88. The summed E-state index contributed by atoms with van der Waals surface area (Å²) in [6, 6.07) is 5.07. The molecule has 2 N–H and O–H groups in total. The van der Waals surface area contributed by atoms with Crippen molar-refractivity contribution < 1.29 is 37.8 Å². The topological polar surface area (TPSA) is 47.2 Å². The van der Waals surface area contributed by atoms with Crippen molar-refractivity contribution in [1.82, 2.24) is 0 Å². The molecule has 0 saturated heterocycles. The van der Waals surface area contributed by atoms with Gasteiger partial charge in [-0.25, -0.2) is 0 Å². The summed E-state index contributed by atoms with van der Waals surface area (Å²) in [5.41, 5.74) is 5.64. The molecule has 8 heteroatoms. The third kappa shape index (κ3) is 7.32. The van der Waals surface area contributed by atoms with Gasteiger partial charge >= 0.3 is 34.5 Å². The molecule has 0 aliphatic carbocycles. The van der Waals surface area contributed by atoms with Crippen LogP contribution in [-0.2, 0) is 15.1 Å². The fraction of sp³-hybridized carbons (Fsp3) is 0.143. The van der Waals surface area contributed by atoms with Crippen LogP contribution in [0.3, 0.4) is 0 Å². The van der Waals surface area contributed by atoms with E-state index in [4.69, 9.17) is 41.3 Å². The molecule has 0 heterocycles. The molecule has 0 aliphatic rings. The number of halogens is 4. The third-order valence-electron chi connectivity index (χ3n) is 1.28. The van der Waals surface area contributed by atoms with Crippen LogP contribution in [0.1, 0.15) is 0 Å². The van der Waals surface area contributed by atoms with E-state index in [1.54, 1.807) is 25.3 Å². The van der Waals surface area contributed by atoms with E-state index in [1.165, 1.54) is 0 Å². The Morgan fingerprint density at radius 1 is 1.40 bits per heavy atom. The number of ether oxygens (including phenoxy) is 1. The number of methoxy groups -OCH3 is 1. The molecule has 0 saturated carbocycles. The van der Waals surface area contributed by atoms with E-state index >= 15 is 0 Å². The van der Waals surface area contributed by atoms with E-state index in [1.807, 2.05) is 0 Å². The zero-order chi connectivity index (χ0) is 11.0. The Morgan fingerprint density at radius 2 is 1.93 bits per heavy atom. The van der Waals surface area contributed by atoms with E-state index in [9.17, 15) is 0 Å². The van der Waals surface area contributed by atoms with Crippen molar-refractivity contribution in [1.29, 1.82) is 0 Å². The van der Waals surface area contributed by atoms with Crippen molar-refractivity contribution in [2.75, 3.05) is 7.11 Å². The normalized spacial score (nSPS) is 7.47. The maximum absolute atomic E-state index is 5.68. The minimum atomic E-state index is -0.931. The fourth-order valence-electron chi connectivity index (χ4n) is 0.764. The summed E-state index contributed by atoms with van der Waals surface area (Å²) in [6.07, 6.45) is 0. The van der Waals surface area contributed by atoms with Crippen LogP contribution in [0, 0.1) is 0 Å². The first-order valence-electron chi connectivity index (χ1n) is 3.56. The fourth-order valence-corrected chi connectivity index (χ4v) is 0.930. The first-order chi connectivity index (χ1) is 6.69. The molecule has 0 amide bonds. The molecule has 0 radical (unpaired) electrons. The Balaban J connectivity index is 0. The van der Waals surface area contributed by atoms with Gasteiger partial charge in [0.2, 0.25) is 0 Å². The molecule has 0 atom stereocenters. The second kappa shape index (κ2) is 10.9. The van der Waals surface area contributed by atoms with Crippen molar-refractivity contribution in [3.05, 3.63) is 23.2 Å². The summed E-state index contributed by atoms with van der Waals surface area (Å²) in [4.78, 5) is 0. The summed E-state index contributed by atoms with van der Waals surface area (Å²) in [5.74, 6) is 0.622. The van der Waals surface area contributed by atoms with Crippen LogP contribution in [-0.4, -0.2) is 7.11 Å². The molecule has 1 aromatic carbocycles. The number of hydrogen-bond donors (Lipinski definition) is 1. The molecule has 3 nitrogen and oxygen atoms in total. The number of nitrogens with zero attached hydrogens (tertiary/aromatic N) is 1. The van der Waals surface area contributed by atoms with E-state index in [0.29, 0.717) is 16.5 Å². The standard InChI is InChI=1S/C7H7ClN2O.3ClH.Zn/c1-11-7-3-2-5(8)4-6(7)10-9;;;;/h2-4,9H,1H3;3*1H;/q;;;;+2/p-2. The summed E-state index contributed by atoms with van der Waals surface area (Å²) in [5, 5.41) is 4.09. The Morgan fingerprint density at radius 3 is 2.33 bits per heavy atom. The quantitative estimate of drug-likeness (QED) is 0.575. The Bertz CT molecular complexity index is 300. The first kappa shape index (κ1) is 17.8. The molecule has 15 heavy (non-hydrogen) atoms. The molecule has 0 unspecified atom stereocenters. The van der Waals surface area contributed by atoms with Gasteiger partial charge in [-0.2, -0.15) is 5.53 Å². The summed E-state index contributed by atoms with van der Waals surface area (Å²) in [7, 11) is 11.5. The summed E-state index contributed by atoms with van der Waals surface area (Å²) >= 11 is 4.75. The van der Waals surface area contributed by atoms with E-state index in [2.05, 4.69) is 5.11 Å². The van der Waals surface area contributed by atoms with Gasteiger partial charge in [-0.05, 0) is 23.3 Å². The van der Waals surface area contributed by atoms with Gasteiger partial charge < -0.3 is 17.1 Å². The molecular weight excluding hydrogens is 335 g/mol. The van der Waals surface area contributed by atoms with Gasteiger partial charge in [0.25, 0.3) is 0 Å². The van der Waals surface area contributed by atoms with Crippen molar-refractivity contribution >= 4 is 36.7 Å². The van der Waals surface area contributed by atoms with Crippen LogP contribution < -0.4 is 22.7 Å². The molecule has 0 aromatic heterocycles. The van der Waals surface area contributed by atoms with E-state index in [0.717, 1.165) is 0 Å². The van der Waals surface area contributed by atoms with Crippen LogP contribution in [0.2, 0.25) is 5.02 Å². The van der Waals surface area contributed by atoms with Gasteiger partial charge in [-0.3, -0.25) is 0 Å². The van der Waals surface area contributed by atoms with Gasteiger partial charge in [-0.1, -0.05) is 11.6 Å². The number of benzene rings is 1. The van der Waals surface area contributed by atoms with Gasteiger partial charge in [0.15, 0.2) is 11.4 Å². The molecule has 0 bridgehead atoms. The van der Waals surface area contributed by atoms with E-state index in [-0.39, 0.29) is 12.4 Å². The van der Waals surface area contributed by atoms with Crippen molar-refractivity contribution in [2.24, 2.45) is 5.11 Å². The third-order valence-corrected chi connectivity index (χ3v) is 1.52. The van der Waals surface area contributed by atoms with Crippen LogP contribution in [0.4, 0.5) is 5.69 Å². The van der Waals surface area contributed by atoms with E-state index < -0.39 is 15.1 Å². The Hall–Kier alpha value is 0.403. The first-order valence-corrected chi connectivity index (χ1v) is 11.7. The van der Waals surface area contributed by atoms with Crippen molar-refractivity contribution in [3.63, 3.8) is 0 Å². The van der Waals surface area contributed by atoms with Crippen LogP contribution >= 0.6 is 31.0 Å². The van der Waals surface area contributed by atoms with Crippen molar-refractivity contribution in [3.8, 4) is 5.75 Å². The molecule has 1 aromatic rings. The number of nitrogens with two attached hydrogens (primary N) is 1. The Labute approximate surface area is 115 Å². The van der Waals surface area contributed by atoms with Gasteiger partial charge in [0.05, 0.1) is 7.11 Å². The predicted molar refractivity (Wildman–Crippen MR) is 53.7 cm³/mol. The molecule has 0 aliphatic heterocycles. The molecule has 0 spiro atoms. The van der Waals surface area contributed by atoms with Crippen LogP contribution in [0.25, 0.3) is 0 Å². The molecule has 82 valence electrons. The monoisotopic (exact) mass is 340 g/mol. The molecule has 0 fully saturated rings. The number of hydrogen-bond acceptors (Lipinski definition) is 2.